The van der Waals surface area contributed by atoms with Crippen LogP contribution in [-0.4, -0.2) is 65.4 Å². The van der Waals surface area contributed by atoms with Gasteiger partial charge in [-0.2, -0.15) is 0 Å². The number of aliphatic hydroxyl groups excluding tert-OH is 1. The number of pyridine rings is 1. The Morgan fingerprint density at radius 2 is 2.35 bits per heavy atom. The molecule has 0 amide bonds. The van der Waals surface area contributed by atoms with Gasteiger partial charge in [-0.15, -0.1) is 0 Å². The highest BCUT2D eigenvalue weighted by Gasteiger charge is 2.33. The van der Waals surface area contributed by atoms with E-state index in [9.17, 15) is 5.11 Å². The highest BCUT2D eigenvalue weighted by atomic mass is 16.4. The van der Waals surface area contributed by atoms with Crippen molar-refractivity contribution in [2.45, 2.75) is 18.6 Å². The number of β-amino-alcohol motifs (C(OH)–C–C–N with tert-alkyl or cyclic N) is 1. The minimum Gasteiger partial charge on any atom is -0.409 e. The average molecular weight is 279 g/mol. The third-order valence-electron chi connectivity index (χ3n) is 3.41. The first-order valence-electron chi connectivity index (χ1n) is 6.55. The second-order valence-corrected chi connectivity index (χ2v) is 5.32. The van der Waals surface area contributed by atoms with E-state index in [1.807, 2.05) is 19.0 Å². The lowest BCUT2D eigenvalue weighted by Gasteiger charge is -2.29. The number of hydrogen-bond donors (Lipinski definition) is 3. The van der Waals surface area contributed by atoms with Crippen LogP contribution in [0, 0.1) is 0 Å². The quantitative estimate of drug-likeness (QED) is 0.302. The summed E-state index contributed by atoms with van der Waals surface area (Å²) in [6.45, 7) is 1.31. The third kappa shape index (κ3) is 3.00. The molecule has 2 atom stereocenters. The molecular formula is C13H21N5O2. The van der Waals surface area contributed by atoms with E-state index in [1.54, 1.807) is 18.3 Å². The normalized spacial score (nSPS) is 23.6. The van der Waals surface area contributed by atoms with Crippen LogP contribution in [-0.2, 0) is 0 Å². The van der Waals surface area contributed by atoms with Gasteiger partial charge in [0.05, 0.1) is 11.7 Å². The molecule has 0 spiro atoms. The molecule has 2 heterocycles. The highest BCUT2D eigenvalue weighted by Crippen LogP contribution is 2.27. The summed E-state index contributed by atoms with van der Waals surface area (Å²) in [5, 5.41) is 21.9. The predicted molar refractivity (Wildman–Crippen MR) is 77.1 cm³/mol. The lowest BCUT2D eigenvalue weighted by molar-refractivity contribution is 0.191. The Bertz CT molecular complexity index is 491. The van der Waals surface area contributed by atoms with Crippen LogP contribution in [0.1, 0.15) is 12.0 Å². The second-order valence-electron chi connectivity index (χ2n) is 5.32. The van der Waals surface area contributed by atoms with Gasteiger partial charge in [-0.1, -0.05) is 5.16 Å². The van der Waals surface area contributed by atoms with Crippen molar-refractivity contribution in [1.29, 1.82) is 0 Å². The van der Waals surface area contributed by atoms with Crippen LogP contribution in [0.15, 0.2) is 23.5 Å². The molecule has 2 unspecified atom stereocenters. The van der Waals surface area contributed by atoms with Crippen molar-refractivity contribution in [3.05, 3.63) is 23.9 Å². The van der Waals surface area contributed by atoms with E-state index in [0.29, 0.717) is 24.3 Å². The molecule has 0 saturated carbocycles. The number of nitrogens with zero attached hydrogens (tertiary/aromatic N) is 4. The molecule has 7 heteroatoms. The maximum atomic E-state index is 9.93. The molecule has 2 rings (SSSR count). The van der Waals surface area contributed by atoms with E-state index in [-0.39, 0.29) is 18.0 Å². The van der Waals surface area contributed by atoms with Crippen molar-refractivity contribution in [3.63, 3.8) is 0 Å². The Balaban J connectivity index is 2.34. The molecule has 4 N–H and O–H groups in total. The molecule has 110 valence electrons. The summed E-state index contributed by atoms with van der Waals surface area (Å²) in [5.41, 5.74) is 6.28. The molecule has 1 aliphatic heterocycles. The van der Waals surface area contributed by atoms with Gasteiger partial charge in [-0.3, -0.25) is 0 Å². The van der Waals surface area contributed by atoms with E-state index in [4.69, 9.17) is 10.9 Å². The lowest BCUT2D eigenvalue weighted by atomic mass is 10.1. The van der Waals surface area contributed by atoms with E-state index < -0.39 is 0 Å². The number of oxime groups is 1. The molecular weight excluding hydrogens is 258 g/mol. The van der Waals surface area contributed by atoms with Crippen LogP contribution >= 0.6 is 0 Å². The second kappa shape index (κ2) is 6.06. The molecule has 0 aromatic carbocycles. The zero-order valence-electron chi connectivity index (χ0n) is 11.8. The number of aromatic nitrogens is 1. The van der Waals surface area contributed by atoms with Crippen LogP contribution in [0.2, 0.25) is 0 Å². The van der Waals surface area contributed by atoms with Crippen molar-refractivity contribution in [3.8, 4) is 0 Å². The predicted octanol–water partition coefficient (Wildman–Crippen LogP) is -0.323. The fraction of sp³-hybridized carbons (Fsp3) is 0.538. The highest BCUT2D eigenvalue weighted by molar-refractivity contribution is 6.01. The number of hydrogen-bond acceptors (Lipinski definition) is 6. The fourth-order valence-corrected chi connectivity index (χ4v) is 2.63. The molecule has 1 aromatic rings. The number of likely N-dealkylation sites (N-methyl/N-ethyl adjacent to an activating group) is 1. The zero-order chi connectivity index (χ0) is 14.7. The monoisotopic (exact) mass is 279 g/mol. The Kier molecular flexibility index (Phi) is 4.41. The van der Waals surface area contributed by atoms with Gasteiger partial charge in [0.2, 0.25) is 0 Å². The maximum absolute atomic E-state index is 9.93. The first-order chi connectivity index (χ1) is 9.52. The van der Waals surface area contributed by atoms with Crippen LogP contribution in [0.3, 0.4) is 0 Å². The van der Waals surface area contributed by atoms with Crippen LogP contribution in [0.4, 0.5) is 5.82 Å². The van der Waals surface area contributed by atoms with Crippen molar-refractivity contribution in [2.75, 3.05) is 32.1 Å². The first kappa shape index (κ1) is 14.5. The van der Waals surface area contributed by atoms with Gasteiger partial charge < -0.3 is 25.8 Å². The summed E-state index contributed by atoms with van der Waals surface area (Å²) in [6, 6.07) is 3.65. The molecule has 0 bridgehead atoms. The number of aliphatic hydroxyl groups is 1. The largest absolute Gasteiger partial charge is 0.409 e. The van der Waals surface area contributed by atoms with Gasteiger partial charge in [0, 0.05) is 25.3 Å². The van der Waals surface area contributed by atoms with Crippen LogP contribution in [0.5, 0.6) is 0 Å². The fourth-order valence-electron chi connectivity index (χ4n) is 2.63. The van der Waals surface area contributed by atoms with E-state index in [2.05, 4.69) is 15.0 Å². The van der Waals surface area contributed by atoms with Gasteiger partial charge in [0.15, 0.2) is 5.84 Å². The Morgan fingerprint density at radius 3 is 3.00 bits per heavy atom. The standard InChI is InChI=1S/C13H21N5O2/c1-17(2)7-9-6-10(19)8-18(9)13-11(12(14)16-20)4-3-5-15-13/h3-5,9-10,19-20H,6-8H2,1-2H3,(H2,14,16). The molecule has 0 radical (unpaired) electrons. The molecule has 20 heavy (non-hydrogen) atoms. The minimum absolute atomic E-state index is 0.0260. The van der Waals surface area contributed by atoms with Crippen molar-refractivity contribution in [2.24, 2.45) is 10.9 Å². The smallest absolute Gasteiger partial charge is 0.173 e. The third-order valence-corrected chi connectivity index (χ3v) is 3.41. The van der Waals surface area contributed by atoms with Gasteiger partial charge >= 0.3 is 0 Å². The first-order valence-corrected chi connectivity index (χ1v) is 6.55. The molecule has 1 fully saturated rings. The average Bonchev–Trinajstić information content (AvgIpc) is 2.77. The van der Waals surface area contributed by atoms with Gasteiger partial charge in [-0.25, -0.2) is 4.98 Å². The Labute approximate surface area is 118 Å². The maximum Gasteiger partial charge on any atom is 0.173 e. The van der Waals surface area contributed by atoms with E-state index in [0.717, 1.165) is 6.54 Å². The number of nitrogens with two attached hydrogens (primary N) is 1. The lowest BCUT2D eigenvalue weighted by Crippen LogP contribution is -2.39. The molecule has 7 nitrogen and oxygen atoms in total. The molecule has 0 aliphatic carbocycles. The van der Waals surface area contributed by atoms with E-state index in [1.165, 1.54) is 0 Å². The Morgan fingerprint density at radius 1 is 1.60 bits per heavy atom. The number of anilines is 1. The summed E-state index contributed by atoms with van der Waals surface area (Å²) < 4.78 is 0. The summed E-state index contributed by atoms with van der Waals surface area (Å²) in [6.07, 6.45) is 1.97. The van der Waals surface area contributed by atoms with Gasteiger partial charge in [-0.05, 0) is 32.6 Å². The summed E-state index contributed by atoms with van der Waals surface area (Å²) in [7, 11) is 3.98. The van der Waals surface area contributed by atoms with Crippen molar-refractivity contribution in [1.82, 2.24) is 9.88 Å². The Hall–Kier alpha value is -1.86. The van der Waals surface area contributed by atoms with Crippen molar-refractivity contribution < 1.29 is 10.3 Å². The van der Waals surface area contributed by atoms with Crippen LogP contribution < -0.4 is 10.6 Å². The molecule has 1 aromatic heterocycles. The summed E-state index contributed by atoms with van der Waals surface area (Å²) in [5.74, 6) is 0.671. The summed E-state index contributed by atoms with van der Waals surface area (Å²) in [4.78, 5) is 8.44. The van der Waals surface area contributed by atoms with E-state index >= 15 is 0 Å². The number of amidine groups is 1. The van der Waals surface area contributed by atoms with Gasteiger partial charge in [0.1, 0.15) is 5.82 Å². The number of rotatable bonds is 4. The topological polar surface area (TPSA) is 98.2 Å². The van der Waals surface area contributed by atoms with Crippen LogP contribution in [0.25, 0.3) is 0 Å². The van der Waals surface area contributed by atoms with Gasteiger partial charge in [0.25, 0.3) is 0 Å². The zero-order valence-corrected chi connectivity index (χ0v) is 11.8. The SMILES string of the molecule is CN(C)CC1CC(O)CN1c1ncccc1C(N)=NO. The minimum atomic E-state index is -0.387. The van der Waals surface area contributed by atoms with Crippen molar-refractivity contribution >= 4 is 11.7 Å². The molecule has 1 aliphatic rings. The summed E-state index contributed by atoms with van der Waals surface area (Å²) >= 11 is 0. The molecule has 1 saturated heterocycles.